The van der Waals surface area contributed by atoms with Crippen molar-refractivity contribution in [3.8, 4) is 0 Å². The van der Waals surface area contributed by atoms with Gasteiger partial charge in [-0.15, -0.1) is 5.10 Å². The van der Waals surface area contributed by atoms with Gasteiger partial charge in [-0.25, -0.2) is 4.39 Å². The molecule has 1 aromatic carbocycles. The molecule has 5 nitrogen and oxygen atoms in total. The summed E-state index contributed by atoms with van der Waals surface area (Å²) in [5.41, 5.74) is 0.470. The van der Waals surface area contributed by atoms with E-state index in [2.05, 4.69) is 36.8 Å². The Balaban J connectivity index is 2.22. The molecule has 0 aliphatic carbocycles. The topological polar surface area (TPSA) is 63.0 Å². The van der Waals surface area contributed by atoms with Crippen LogP contribution >= 0.6 is 27.5 Å². The normalized spacial score (nSPS) is 10.7. The van der Waals surface area contributed by atoms with E-state index in [9.17, 15) is 4.39 Å². The minimum Gasteiger partial charge on any atom is -0.406 e. The van der Waals surface area contributed by atoms with Crippen molar-refractivity contribution in [1.29, 1.82) is 0 Å². The molecule has 96 valence electrons. The van der Waals surface area contributed by atoms with Crippen LogP contribution in [0.15, 0.2) is 21.0 Å². The quantitative estimate of drug-likeness (QED) is 0.899. The van der Waals surface area contributed by atoms with E-state index in [-0.39, 0.29) is 11.0 Å². The summed E-state index contributed by atoms with van der Waals surface area (Å²) in [4.78, 5) is 0. The molecule has 0 spiro atoms. The first kappa shape index (κ1) is 13.3. The van der Waals surface area contributed by atoms with Crippen LogP contribution in [0, 0.1) is 5.82 Å². The lowest BCUT2D eigenvalue weighted by molar-refractivity contribution is 0.493. The smallest absolute Gasteiger partial charge is 0.320 e. The number of anilines is 2. The Labute approximate surface area is 116 Å². The van der Waals surface area contributed by atoms with E-state index in [0.717, 1.165) is 0 Å². The third-order valence-electron chi connectivity index (χ3n) is 2.03. The molecule has 0 bridgehead atoms. The highest BCUT2D eigenvalue weighted by Gasteiger charge is 2.12. The summed E-state index contributed by atoms with van der Waals surface area (Å²) in [5, 5.41) is 13.5. The fourth-order valence-electron chi connectivity index (χ4n) is 1.30. The molecule has 0 radical (unpaired) electrons. The lowest BCUT2D eigenvalue weighted by atomic mass is 10.3. The standard InChI is InChI=1S/C10H9BrClFN4O/c1-14-4-8-16-17-10(18-8)15-9-6(11)2-5(13)3-7(9)12/h2-3,14H,4H2,1H3,(H,15,17). The zero-order valence-corrected chi connectivity index (χ0v) is 11.6. The number of benzene rings is 1. The van der Waals surface area contributed by atoms with Crippen LogP contribution in [0.4, 0.5) is 16.1 Å². The highest BCUT2D eigenvalue weighted by Crippen LogP contribution is 2.33. The van der Waals surface area contributed by atoms with Gasteiger partial charge in [-0.3, -0.25) is 0 Å². The molecule has 0 unspecified atom stereocenters. The van der Waals surface area contributed by atoms with Crippen molar-refractivity contribution in [3.63, 3.8) is 0 Å². The molecular weight excluding hydrogens is 326 g/mol. The third kappa shape index (κ3) is 2.98. The molecule has 0 atom stereocenters. The first-order valence-electron chi connectivity index (χ1n) is 4.98. The monoisotopic (exact) mass is 334 g/mol. The second kappa shape index (κ2) is 5.64. The predicted octanol–water partition coefficient (Wildman–Crippen LogP) is 3.09. The van der Waals surface area contributed by atoms with Crippen LogP contribution in [0.2, 0.25) is 5.02 Å². The number of hydrogen-bond acceptors (Lipinski definition) is 5. The van der Waals surface area contributed by atoms with Gasteiger partial charge >= 0.3 is 6.01 Å². The average molecular weight is 336 g/mol. The van der Waals surface area contributed by atoms with Crippen molar-refractivity contribution >= 4 is 39.2 Å². The van der Waals surface area contributed by atoms with E-state index in [1.54, 1.807) is 7.05 Å². The fraction of sp³-hybridized carbons (Fsp3) is 0.200. The summed E-state index contributed by atoms with van der Waals surface area (Å²) >= 11 is 9.12. The van der Waals surface area contributed by atoms with Crippen LogP contribution in [-0.2, 0) is 6.54 Å². The largest absolute Gasteiger partial charge is 0.406 e. The number of rotatable bonds is 4. The molecule has 18 heavy (non-hydrogen) atoms. The van der Waals surface area contributed by atoms with Crippen molar-refractivity contribution in [2.45, 2.75) is 6.54 Å². The van der Waals surface area contributed by atoms with E-state index in [1.165, 1.54) is 12.1 Å². The molecule has 1 aromatic heterocycles. The Morgan fingerprint density at radius 3 is 2.89 bits per heavy atom. The molecule has 2 aromatic rings. The molecule has 0 aliphatic rings. The van der Waals surface area contributed by atoms with Gasteiger partial charge in [-0.05, 0) is 35.1 Å². The second-order valence-corrected chi connectivity index (χ2v) is 4.66. The van der Waals surface area contributed by atoms with Gasteiger partial charge in [-0.1, -0.05) is 16.7 Å². The number of halogens is 3. The second-order valence-electron chi connectivity index (χ2n) is 3.40. The molecule has 2 rings (SSSR count). The fourth-order valence-corrected chi connectivity index (χ4v) is 2.19. The van der Waals surface area contributed by atoms with Crippen molar-refractivity contribution in [1.82, 2.24) is 15.5 Å². The molecule has 0 amide bonds. The summed E-state index contributed by atoms with van der Waals surface area (Å²) in [6.45, 7) is 0.465. The van der Waals surface area contributed by atoms with Gasteiger partial charge in [0.25, 0.3) is 0 Å². The van der Waals surface area contributed by atoms with Gasteiger partial charge in [0, 0.05) is 4.47 Å². The van der Waals surface area contributed by atoms with E-state index in [0.29, 0.717) is 22.6 Å². The lowest BCUT2D eigenvalue weighted by Gasteiger charge is -2.06. The average Bonchev–Trinajstić information content (AvgIpc) is 2.72. The SMILES string of the molecule is CNCc1nnc(Nc2c(Cl)cc(F)cc2Br)o1. The lowest BCUT2D eigenvalue weighted by Crippen LogP contribution is -2.04. The Kier molecular flexibility index (Phi) is 4.15. The van der Waals surface area contributed by atoms with Crippen molar-refractivity contribution < 1.29 is 8.81 Å². The molecular formula is C10H9BrClFN4O. The maximum atomic E-state index is 13.0. The number of aromatic nitrogens is 2. The zero-order valence-electron chi connectivity index (χ0n) is 9.30. The summed E-state index contributed by atoms with van der Waals surface area (Å²) < 4.78 is 18.8. The molecule has 2 N–H and O–H groups in total. The zero-order chi connectivity index (χ0) is 13.1. The van der Waals surface area contributed by atoms with Gasteiger partial charge in [0.2, 0.25) is 5.89 Å². The first-order chi connectivity index (χ1) is 8.60. The molecule has 8 heteroatoms. The predicted molar refractivity (Wildman–Crippen MR) is 69.5 cm³/mol. The Morgan fingerprint density at radius 1 is 1.44 bits per heavy atom. The van der Waals surface area contributed by atoms with Gasteiger partial charge in [0.15, 0.2) is 0 Å². The number of hydrogen-bond donors (Lipinski definition) is 2. The van der Waals surface area contributed by atoms with Gasteiger partial charge in [0.1, 0.15) is 5.82 Å². The summed E-state index contributed by atoms with van der Waals surface area (Å²) in [6, 6.07) is 2.67. The van der Waals surface area contributed by atoms with Crippen LogP contribution in [0.1, 0.15) is 5.89 Å². The number of nitrogens with zero attached hydrogens (tertiary/aromatic N) is 2. The summed E-state index contributed by atoms with van der Waals surface area (Å²) in [6.07, 6.45) is 0. The van der Waals surface area contributed by atoms with E-state index >= 15 is 0 Å². The molecule has 0 aliphatic heterocycles. The highest BCUT2D eigenvalue weighted by atomic mass is 79.9. The van der Waals surface area contributed by atoms with Gasteiger partial charge in [-0.2, -0.15) is 0 Å². The van der Waals surface area contributed by atoms with E-state index in [1.807, 2.05) is 0 Å². The molecule has 0 fully saturated rings. The molecule has 0 saturated heterocycles. The Hall–Kier alpha value is -1.18. The van der Waals surface area contributed by atoms with Crippen molar-refractivity contribution in [2.75, 3.05) is 12.4 Å². The minimum absolute atomic E-state index is 0.189. The van der Waals surface area contributed by atoms with Crippen LogP contribution in [0.3, 0.4) is 0 Å². The first-order valence-corrected chi connectivity index (χ1v) is 6.16. The molecule has 1 heterocycles. The van der Waals surface area contributed by atoms with Gasteiger partial charge < -0.3 is 15.1 Å². The maximum absolute atomic E-state index is 13.0. The van der Waals surface area contributed by atoms with Crippen LogP contribution in [-0.4, -0.2) is 17.2 Å². The minimum atomic E-state index is -0.432. The summed E-state index contributed by atoms with van der Waals surface area (Å²) in [5.74, 6) is 0.00758. The highest BCUT2D eigenvalue weighted by molar-refractivity contribution is 9.10. The Bertz CT molecular complexity index is 540. The van der Waals surface area contributed by atoms with Crippen LogP contribution < -0.4 is 10.6 Å². The van der Waals surface area contributed by atoms with Crippen LogP contribution in [0.5, 0.6) is 0 Å². The van der Waals surface area contributed by atoms with E-state index < -0.39 is 5.82 Å². The van der Waals surface area contributed by atoms with Crippen molar-refractivity contribution in [3.05, 3.63) is 33.3 Å². The third-order valence-corrected chi connectivity index (χ3v) is 2.96. The van der Waals surface area contributed by atoms with Crippen molar-refractivity contribution in [2.24, 2.45) is 0 Å². The number of nitrogens with one attached hydrogen (secondary N) is 2. The Morgan fingerprint density at radius 2 is 2.22 bits per heavy atom. The molecule has 0 saturated carbocycles. The maximum Gasteiger partial charge on any atom is 0.320 e. The summed E-state index contributed by atoms with van der Waals surface area (Å²) in [7, 11) is 1.77. The van der Waals surface area contributed by atoms with Gasteiger partial charge in [0.05, 0.1) is 17.3 Å². The van der Waals surface area contributed by atoms with E-state index in [4.69, 9.17) is 16.0 Å². The van der Waals surface area contributed by atoms with Crippen LogP contribution in [0.25, 0.3) is 0 Å².